The fourth-order valence-electron chi connectivity index (χ4n) is 5.48. The van der Waals surface area contributed by atoms with Crippen LogP contribution in [-0.2, 0) is 6.42 Å². The van der Waals surface area contributed by atoms with Gasteiger partial charge < -0.3 is 5.32 Å². The molecule has 114 valence electrons. The van der Waals surface area contributed by atoms with Crippen LogP contribution in [-0.4, -0.2) is 12.6 Å². The fraction of sp³-hybridized carbons (Fsp3) is 0.667. The molecular formula is C18H23Cl2N. The molecule has 0 radical (unpaired) electrons. The Hall–Kier alpha value is -0.240. The minimum absolute atomic E-state index is 0.573. The van der Waals surface area contributed by atoms with Crippen LogP contribution in [0.2, 0.25) is 10.0 Å². The Labute approximate surface area is 137 Å². The largest absolute Gasteiger partial charge is 0.314 e. The van der Waals surface area contributed by atoms with Crippen molar-refractivity contribution in [3.63, 3.8) is 0 Å². The highest BCUT2D eigenvalue weighted by molar-refractivity contribution is 6.42. The minimum Gasteiger partial charge on any atom is -0.314 e. The maximum Gasteiger partial charge on any atom is 0.0624 e. The third-order valence-corrected chi connectivity index (χ3v) is 7.06. The topological polar surface area (TPSA) is 12.0 Å². The van der Waals surface area contributed by atoms with E-state index < -0.39 is 0 Å². The van der Waals surface area contributed by atoms with E-state index >= 15 is 0 Å². The van der Waals surface area contributed by atoms with Crippen molar-refractivity contribution < 1.29 is 0 Å². The van der Waals surface area contributed by atoms with Crippen LogP contribution in [0.5, 0.6) is 0 Å². The van der Waals surface area contributed by atoms with Gasteiger partial charge >= 0.3 is 0 Å². The maximum absolute atomic E-state index is 6.39. The lowest BCUT2D eigenvalue weighted by Crippen LogP contribution is -2.35. The molecule has 1 aromatic carbocycles. The highest BCUT2D eigenvalue weighted by atomic mass is 35.5. The highest BCUT2D eigenvalue weighted by Gasteiger charge is 2.66. The van der Waals surface area contributed by atoms with Crippen molar-refractivity contribution in [2.45, 2.75) is 38.6 Å². The van der Waals surface area contributed by atoms with E-state index in [-0.39, 0.29) is 0 Å². The number of hydrogen-bond donors (Lipinski definition) is 1. The average Bonchev–Trinajstić information content (AvgIpc) is 2.90. The quantitative estimate of drug-likeness (QED) is 0.820. The lowest BCUT2D eigenvalue weighted by atomic mass is 9.93. The summed E-state index contributed by atoms with van der Waals surface area (Å²) in [5.41, 5.74) is 1.20. The van der Waals surface area contributed by atoms with Gasteiger partial charge in [0.05, 0.1) is 10.0 Å². The molecule has 0 saturated heterocycles. The summed E-state index contributed by atoms with van der Waals surface area (Å²) < 4.78 is 0. The number of rotatable bonds is 5. The van der Waals surface area contributed by atoms with Gasteiger partial charge in [-0.25, -0.2) is 0 Å². The number of halogens is 2. The third-order valence-electron chi connectivity index (χ3n) is 6.20. The molecule has 1 aromatic rings. The number of hydrogen-bond acceptors (Lipinski definition) is 1. The molecule has 0 amide bonds. The Morgan fingerprint density at radius 1 is 1.19 bits per heavy atom. The molecule has 3 heteroatoms. The van der Waals surface area contributed by atoms with Crippen LogP contribution in [0, 0.1) is 29.6 Å². The van der Waals surface area contributed by atoms with Crippen LogP contribution in [0.25, 0.3) is 0 Å². The molecule has 0 aromatic heterocycles. The first-order valence-electron chi connectivity index (χ1n) is 8.37. The molecule has 0 heterocycles. The van der Waals surface area contributed by atoms with Crippen molar-refractivity contribution in [3.05, 3.63) is 33.8 Å². The molecule has 3 aliphatic carbocycles. The van der Waals surface area contributed by atoms with E-state index in [1.54, 1.807) is 0 Å². The van der Waals surface area contributed by atoms with Gasteiger partial charge in [0.15, 0.2) is 0 Å². The molecule has 5 atom stereocenters. The second kappa shape index (κ2) is 5.44. The van der Waals surface area contributed by atoms with Crippen LogP contribution in [0.4, 0.5) is 0 Å². The molecule has 21 heavy (non-hydrogen) atoms. The van der Waals surface area contributed by atoms with Gasteiger partial charge in [-0.2, -0.15) is 0 Å². The monoisotopic (exact) mass is 323 g/mol. The van der Waals surface area contributed by atoms with Gasteiger partial charge in [-0.3, -0.25) is 0 Å². The molecule has 3 fully saturated rings. The molecule has 4 rings (SSSR count). The van der Waals surface area contributed by atoms with E-state index in [1.165, 1.54) is 24.8 Å². The van der Waals surface area contributed by atoms with Crippen molar-refractivity contribution in [2.75, 3.05) is 6.54 Å². The summed E-state index contributed by atoms with van der Waals surface area (Å²) in [4.78, 5) is 0. The van der Waals surface area contributed by atoms with Gasteiger partial charge in [0.2, 0.25) is 0 Å². The van der Waals surface area contributed by atoms with Gasteiger partial charge in [-0.15, -0.1) is 0 Å². The van der Waals surface area contributed by atoms with Crippen molar-refractivity contribution in [3.8, 4) is 0 Å². The molecule has 1 nitrogen and oxygen atoms in total. The van der Waals surface area contributed by atoms with Gasteiger partial charge in [-0.05, 0) is 73.4 Å². The molecule has 2 bridgehead atoms. The van der Waals surface area contributed by atoms with E-state index in [1.807, 2.05) is 12.1 Å². The minimum atomic E-state index is 0.573. The summed E-state index contributed by atoms with van der Waals surface area (Å²) in [7, 11) is 0. The first kappa shape index (κ1) is 14.4. The predicted molar refractivity (Wildman–Crippen MR) is 88.9 cm³/mol. The molecule has 1 N–H and O–H groups in total. The molecular weight excluding hydrogens is 301 g/mol. The summed E-state index contributed by atoms with van der Waals surface area (Å²) in [6, 6.07) is 6.60. The number of fused-ring (bicyclic) bond motifs is 5. The maximum atomic E-state index is 6.39. The smallest absolute Gasteiger partial charge is 0.0624 e. The van der Waals surface area contributed by atoms with Crippen molar-refractivity contribution in [2.24, 2.45) is 29.6 Å². The van der Waals surface area contributed by atoms with E-state index in [4.69, 9.17) is 23.2 Å². The number of nitrogens with one attached hydrogen (secondary N) is 1. The standard InChI is InChI=1S/C18H23Cl2N/c1-2-21-14(9-12-4-3-5-13(19)18(12)20)17-15-10-6-7-11(8-10)16(15)17/h3-5,10-11,14-17,21H,2,6-9H2,1H3. The van der Waals surface area contributed by atoms with Crippen LogP contribution in [0.15, 0.2) is 18.2 Å². The number of benzene rings is 1. The predicted octanol–water partition coefficient (Wildman–Crippen LogP) is 4.81. The third kappa shape index (κ3) is 2.33. The summed E-state index contributed by atoms with van der Waals surface area (Å²) >= 11 is 12.6. The summed E-state index contributed by atoms with van der Waals surface area (Å²) in [5, 5.41) is 5.16. The SMILES string of the molecule is CCNC(Cc1cccc(Cl)c1Cl)C1C2C3CCC(C3)C21. The lowest BCUT2D eigenvalue weighted by molar-refractivity contribution is 0.366. The van der Waals surface area contributed by atoms with Crippen molar-refractivity contribution in [1.82, 2.24) is 5.32 Å². The Balaban J connectivity index is 1.52. The van der Waals surface area contributed by atoms with Crippen LogP contribution < -0.4 is 5.32 Å². The van der Waals surface area contributed by atoms with Gasteiger partial charge in [0, 0.05) is 6.04 Å². The normalized spacial score (nSPS) is 37.6. The van der Waals surface area contributed by atoms with Gasteiger partial charge in [-0.1, -0.05) is 42.3 Å². The molecule has 3 aliphatic rings. The zero-order valence-electron chi connectivity index (χ0n) is 12.5. The molecule has 0 aliphatic heterocycles. The molecule has 5 unspecified atom stereocenters. The zero-order chi connectivity index (χ0) is 14.6. The Bertz CT molecular complexity index is 528. The van der Waals surface area contributed by atoms with Crippen molar-refractivity contribution >= 4 is 23.2 Å². The first-order chi connectivity index (χ1) is 10.2. The van der Waals surface area contributed by atoms with Gasteiger partial charge in [0.25, 0.3) is 0 Å². The molecule has 3 saturated carbocycles. The summed E-state index contributed by atoms with van der Waals surface area (Å²) in [6.07, 6.45) is 5.51. The highest BCUT2D eigenvalue weighted by Crippen LogP contribution is 2.70. The Morgan fingerprint density at radius 2 is 1.90 bits per heavy atom. The molecule has 0 spiro atoms. The summed E-state index contributed by atoms with van der Waals surface area (Å²) in [5.74, 6) is 4.95. The second-order valence-electron chi connectivity index (χ2n) is 7.15. The van der Waals surface area contributed by atoms with E-state index in [2.05, 4.69) is 18.3 Å². The second-order valence-corrected chi connectivity index (χ2v) is 7.93. The van der Waals surface area contributed by atoms with E-state index in [0.717, 1.165) is 47.6 Å². The van der Waals surface area contributed by atoms with Crippen molar-refractivity contribution in [1.29, 1.82) is 0 Å². The van der Waals surface area contributed by atoms with Crippen LogP contribution >= 0.6 is 23.2 Å². The van der Waals surface area contributed by atoms with Crippen LogP contribution in [0.1, 0.15) is 31.7 Å². The summed E-state index contributed by atoms with van der Waals surface area (Å²) in [6.45, 7) is 3.24. The van der Waals surface area contributed by atoms with Crippen LogP contribution in [0.3, 0.4) is 0 Å². The van der Waals surface area contributed by atoms with E-state index in [9.17, 15) is 0 Å². The average molecular weight is 324 g/mol. The first-order valence-corrected chi connectivity index (χ1v) is 9.12. The zero-order valence-corrected chi connectivity index (χ0v) is 14.0. The lowest BCUT2D eigenvalue weighted by Gasteiger charge is -2.22. The van der Waals surface area contributed by atoms with Gasteiger partial charge in [0.1, 0.15) is 0 Å². The van der Waals surface area contributed by atoms with E-state index in [0.29, 0.717) is 11.1 Å². The fourth-order valence-corrected chi connectivity index (χ4v) is 5.88. The number of likely N-dealkylation sites (N-methyl/N-ethyl adjacent to an activating group) is 1. The Morgan fingerprint density at radius 3 is 2.57 bits per heavy atom. The Kier molecular flexibility index (Phi) is 3.72.